The molecule has 0 spiro atoms. The zero-order chi connectivity index (χ0) is 18.3. The molecule has 0 bridgehead atoms. The first-order valence-electron chi connectivity index (χ1n) is 8.62. The van der Waals surface area contributed by atoms with Gasteiger partial charge in [-0.05, 0) is 43.9 Å². The number of carbonyl (C=O) groups excluding carboxylic acids is 1. The van der Waals surface area contributed by atoms with E-state index in [0.717, 1.165) is 17.5 Å². The zero-order valence-corrected chi connectivity index (χ0v) is 15.4. The maximum absolute atomic E-state index is 12.3. The van der Waals surface area contributed by atoms with E-state index in [2.05, 4.69) is 12.6 Å². The Labute approximate surface area is 150 Å². The average molecular weight is 337 g/mol. The molecule has 0 saturated carbocycles. The highest BCUT2D eigenvalue weighted by molar-refractivity contribution is 5.75. The zero-order valence-electron chi connectivity index (χ0n) is 15.4. The second-order valence-corrected chi connectivity index (χ2v) is 7.13. The fraction of sp³-hybridized carbons (Fsp3) is 0.318. The highest BCUT2D eigenvalue weighted by atomic mass is 16.7. The van der Waals surface area contributed by atoms with E-state index in [0.29, 0.717) is 13.1 Å². The third-order valence-electron chi connectivity index (χ3n) is 3.93. The van der Waals surface area contributed by atoms with Gasteiger partial charge in [0.2, 0.25) is 0 Å². The van der Waals surface area contributed by atoms with Gasteiger partial charge in [-0.15, -0.1) is 5.06 Å². The molecule has 0 N–H and O–H groups in total. The minimum Gasteiger partial charge on any atom is -0.367 e. The lowest BCUT2D eigenvalue weighted by molar-refractivity contribution is -0.203. The van der Waals surface area contributed by atoms with Crippen LogP contribution in [-0.2, 0) is 22.6 Å². The Balaban J connectivity index is 2.10. The fourth-order valence-corrected chi connectivity index (χ4v) is 2.40. The molecule has 0 heterocycles. The second kappa shape index (κ2) is 8.63. The third-order valence-corrected chi connectivity index (χ3v) is 3.93. The summed E-state index contributed by atoms with van der Waals surface area (Å²) in [6.45, 7) is 10.7. The first kappa shape index (κ1) is 18.9. The Kier molecular flexibility index (Phi) is 6.54. The van der Waals surface area contributed by atoms with Crippen LogP contribution in [0.25, 0.3) is 6.08 Å². The number of hydrogen-bond donors (Lipinski definition) is 0. The quantitative estimate of drug-likeness (QED) is 0.675. The van der Waals surface area contributed by atoms with Crippen LogP contribution in [0.2, 0.25) is 0 Å². The molecular weight excluding hydrogens is 310 g/mol. The lowest BCUT2D eigenvalue weighted by Crippen LogP contribution is -2.34. The summed E-state index contributed by atoms with van der Waals surface area (Å²) in [5, 5.41) is 1.75. The highest BCUT2D eigenvalue weighted by Gasteiger charge is 2.26. The smallest absolute Gasteiger partial charge is 0.330 e. The van der Waals surface area contributed by atoms with E-state index in [9.17, 15) is 4.79 Å². The molecule has 2 rings (SSSR count). The maximum atomic E-state index is 12.3. The van der Waals surface area contributed by atoms with Crippen molar-refractivity contribution in [3.63, 3.8) is 0 Å². The summed E-state index contributed by atoms with van der Waals surface area (Å²) in [6, 6.07) is 18.2. The van der Waals surface area contributed by atoms with Crippen LogP contribution in [0, 0.1) is 5.41 Å². The van der Waals surface area contributed by atoms with Gasteiger partial charge in [0.25, 0.3) is 0 Å². The Morgan fingerprint density at radius 2 is 1.72 bits per heavy atom. The molecule has 0 unspecified atom stereocenters. The minimum absolute atomic E-state index is 0.222. The third kappa shape index (κ3) is 5.87. The predicted molar refractivity (Wildman–Crippen MR) is 103 cm³/mol. The Hall–Kier alpha value is -2.39. The van der Waals surface area contributed by atoms with Gasteiger partial charge in [-0.25, -0.2) is 4.79 Å². The molecular formula is C22H27NO2. The lowest BCUT2D eigenvalue weighted by atomic mass is 9.98. The van der Waals surface area contributed by atoms with Crippen molar-refractivity contribution in [1.29, 1.82) is 0 Å². The summed E-state index contributed by atoms with van der Waals surface area (Å²) >= 11 is 0. The predicted octanol–water partition coefficient (Wildman–Crippen LogP) is 4.88. The molecule has 25 heavy (non-hydrogen) atoms. The van der Waals surface area contributed by atoms with Crippen LogP contribution in [0.4, 0.5) is 0 Å². The monoisotopic (exact) mass is 337 g/mol. The van der Waals surface area contributed by atoms with Crippen molar-refractivity contribution >= 4 is 12.0 Å². The van der Waals surface area contributed by atoms with Crippen LogP contribution in [0.1, 0.15) is 37.5 Å². The van der Waals surface area contributed by atoms with Crippen LogP contribution in [0.15, 0.2) is 61.2 Å². The van der Waals surface area contributed by atoms with Crippen LogP contribution in [0.5, 0.6) is 0 Å². The molecule has 2 aromatic carbocycles. The number of rotatable bonds is 7. The number of nitrogens with zero attached hydrogens (tertiary/aromatic N) is 1. The molecule has 0 atom stereocenters. The van der Waals surface area contributed by atoms with E-state index in [1.807, 2.05) is 75.4 Å². The summed E-state index contributed by atoms with van der Waals surface area (Å²) < 4.78 is 0. The second-order valence-electron chi connectivity index (χ2n) is 7.13. The van der Waals surface area contributed by atoms with Crippen molar-refractivity contribution in [2.45, 2.75) is 33.7 Å². The molecule has 3 nitrogen and oxygen atoms in total. The van der Waals surface area contributed by atoms with Crippen molar-refractivity contribution in [3.8, 4) is 0 Å². The van der Waals surface area contributed by atoms with Gasteiger partial charge in [0.05, 0.1) is 12.0 Å². The van der Waals surface area contributed by atoms with E-state index in [1.54, 1.807) is 5.06 Å². The number of hydrogen-bond acceptors (Lipinski definition) is 3. The van der Waals surface area contributed by atoms with E-state index < -0.39 is 5.41 Å². The molecule has 132 valence electrons. The van der Waals surface area contributed by atoms with Crippen molar-refractivity contribution in [2.75, 3.05) is 6.54 Å². The topological polar surface area (TPSA) is 29.5 Å². The van der Waals surface area contributed by atoms with Crippen molar-refractivity contribution in [1.82, 2.24) is 5.06 Å². The number of hydroxylamine groups is 2. The fourth-order valence-electron chi connectivity index (χ4n) is 2.40. The number of benzene rings is 2. The van der Waals surface area contributed by atoms with Gasteiger partial charge in [0.1, 0.15) is 0 Å². The van der Waals surface area contributed by atoms with E-state index in [-0.39, 0.29) is 5.97 Å². The molecule has 0 saturated heterocycles. The number of carbonyl (C=O) groups is 1. The normalized spacial score (nSPS) is 11.4. The minimum atomic E-state index is -0.534. The van der Waals surface area contributed by atoms with Crippen LogP contribution in [0.3, 0.4) is 0 Å². The summed E-state index contributed by atoms with van der Waals surface area (Å²) in [6.07, 6.45) is 2.64. The summed E-state index contributed by atoms with van der Waals surface area (Å²) in [5.41, 5.74) is 2.89. The molecule has 0 aliphatic heterocycles. The van der Waals surface area contributed by atoms with Crippen molar-refractivity contribution in [2.24, 2.45) is 5.41 Å². The van der Waals surface area contributed by atoms with Gasteiger partial charge in [-0.1, -0.05) is 67.3 Å². The van der Waals surface area contributed by atoms with Gasteiger partial charge >= 0.3 is 5.97 Å². The highest BCUT2D eigenvalue weighted by Crippen LogP contribution is 2.18. The first-order chi connectivity index (χ1) is 11.9. The summed E-state index contributed by atoms with van der Waals surface area (Å²) in [5.74, 6) is -0.222. The SMILES string of the molecule is C=Cc1ccccc1CCN(Cc1ccccc1)OC(=O)C(C)(C)C. The molecule has 0 fully saturated rings. The molecule has 0 aliphatic rings. The summed E-state index contributed by atoms with van der Waals surface area (Å²) in [4.78, 5) is 18.0. The molecule has 2 aromatic rings. The van der Waals surface area contributed by atoms with E-state index >= 15 is 0 Å². The Bertz CT molecular complexity index is 701. The van der Waals surface area contributed by atoms with Crippen LogP contribution in [-0.4, -0.2) is 17.6 Å². The average Bonchev–Trinajstić information content (AvgIpc) is 2.60. The van der Waals surface area contributed by atoms with Crippen LogP contribution < -0.4 is 0 Å². The molecule has 3 heteroatoms. The molecule has 0 radical (unpaired) electrons. The van der Waals surface area contributed by atoms with Crippen LogP contribution >= 0.6 is 0 Å². The van der Waals surface area contributed by atoms with Gasteiger partial charge in [-0.3, -0.25) is 0 Å². The van der Waals surface area contributed by atoms with E-state index in [1.165, 1.54) is 5.56 Å². The first-order valence-corrected chi connectivity index (χ1v) is 8.62. The standard InChI is InChI=1S/C22H27NO2/c1-5-19-13-9-10-14-20(19)15-16-23(25-21(24)22(2,3)4)17-18-11-7-6-8-12-18/h5-14H,1,15-17H2,2-4H3. The van der Waals surface area contributed by atoms with Gasteiger partial charge in [-0.2, -0.15) is 0 Å². The maximum Gasteiger partial charge on any atom is 0.330 e. The largest absolute Gasteiger partial charge is 0.367 e. The van der Waals surface area contributed by atoms with Crippen molar-refractivity contribution in [3.05, 3.63) is 77.9 Å². The van der Waals surface area contributed by atoms with Gasteiger partial charge in [0, 0.05) is 6.54 Å². The van der Waals surface area contributed by atoms with Crippen molar-refractivity contribution < 1.29 is 9.63 Å². The molecule has 0 aromatic heterocycles. The Morgan fingerprint density at radius 3 is 2.36 bits per heavy atom. The lowest BCUT2D eigenvalue weighted by Gasteiger charge is -2.26. The summed E-state index contributed by atoms with van der Waals surface area (Å²) in [7, 11) is 0. The van der Waals surface area contributed by atoms with Gasteiger partial charge in [0.15, 0.2) is 0 Å². The van der Waals surface area contributed by atoms with E-state index in [4.69, 9.17) is 4.84 Å². The van der Waals surface area contributed by atoms with Gasteiger partial charge < -0.3 is 4.84 Å². The Morgan fingerprint density at radius 1 is 1.08 bits per heavy atom. The molecule has 0 amide bonds. The molecule has 0 aliphatic carbocycles.